The molecule has 0 spiro atoms. The van der Waals surface area contributed by atoms with Crippen molar-refractivity contribution in [3.8, 4) is 0 Å². The normalized spacial score (nSPS) is 12.8. The van der Waals surface area contributed by atoms with E-state index in [1.165, 1.54) is 58.5 Å². The number of hydrogen-bond acceptors (Lipinski definition) is 5. The van der Waals surface area contributed by atoms with Gasteiger partial charge in [0.05, 0.1) is 13.5 Å². The fraction of sp³-hybridized carbons (Fsp3) is 0.833. The Morgan fingerprint density at radius 2 is 1.31 bits per heavy atom. The van der Waals surface area contributed by atoms with Gasteiger partial charge in [-0.2, -0.15) is 0 Å². The maximum atomic E-state index is 12.6. The Bertz CT molecular complexity index is 566. The summed E-state index contributed by atoms with van der Waals surface area (Å²) in [6, 6.07) is -1.98. The van der Waals surface area contributed by atoms with E-state index >= 15 is 0 Å². The first-order valence-electron chi connectivity index (χ1n) is 12.2. The Kier molecular flexibility index (Phi) is 17.2. The minimum Gasteiger partial charge on any atom is -0.467 e. The molecule has 0 aliphatic heterocycles. The van der Waals surface area contributed by atoms with E-state index < -0.39 is 29.9 Å². The molecule has 8 nitrogen and oxygen atoms in total. The molecule has 0 saturated heterocycles. The Hall–Kier alpha value is -2.12. The quantitative estimate of drug-likeness (QED) is 0.203. The second kappa shape index (κ2) is 18.5. The van der Waals surface area contributed by atoms with Crippen LogP contribution in [0, 0.1) is 5.92 Å². The van der Waals surface area contributed by atoms with E-state index in [9.17, 15) is 19.2 Å². The Balaban J connectivity index is 4.29. The smallest absolute Gasteiger partial charge is 0.328 e. The van der Waals surface area contributed by atoms with Gasteiger partial charge in [0.1, 0.15) is 12.1 Å². The Morgan fingerprint density at radius 1 is 0.812 bits per heavy atom. The van der Waals surface area contributed by atoms with Gasteiger partial charge in [-0.15, -0.1) is 0 Å². The van der Waals surface area contributed by atoms with Crippen LogP contribution in [0.1, 0.15) is 104 Å². The first-order valence-corrected chi connectivity index (χ1v) is 12.2. The molecule has 32 heavy (non-hydrogen) atoms. The highest BCUT2D eigenvalue weighted by atomic mass is 16.5. The molecule has 0 aromatic carbocycles. The van der Waals surface area contributed by atoms with Crippen LogP contribution >= 0.6 is 0 Å². The average Bonchev–Trinajstić information content (AvgIpc) is 2.74. The van der Waals surface area contributed by atoms with E-state index in [0.717, 1.165) is 19.3 Å². The monoisotopic (exact) mass is 455 g/mol. The van der Waals surface area contributed by atoms with Crippen molar-refractivity contribution >= 4 is 23.7 Å². The molecule has 0 aromatic heterocycles. The van der Waals surface area contributed by atoms with Crippen LogP contribution in [0.15, 0.2) is 0 Å². The Labute approximate surface area is 193 Å². The molecule has 3 amide bonds. The second-order valence-corrected chi connectivity index (χ2v) is 8.83. The highest BCUT2D eigenvalue weighted by Gasteiger charge is 2.30. The number of amides is 3. The first kappa shape index (κ1) is 29.9. The van der Waals surface area contributed by atoms with Gasteiger partial charge in [0, 0.05) is 6.42 Å². The summed E-state index contributed by atoms with van der Waals surface area (Å²) < 4.78 is 4.71. The van der Waals surface area contributed by atoms with Gasteiger partial charge in [-0.1, -0.05) is 85.0 Å². The first-order chi connectivity index (χ1) is 15.2. The molecule has 0 fully saturated rings. The summed E-state index contributed by atoms with van der Waals surface area (Å²) in [4.78, 5) is 48.1. The van der Waals surface area contributed by atoms with Crippen molar-refractivity contribution in [2.75, 3.05) is 7.11 Å². The maximum absolute atomic E-state index is 12.6. The number of unbranched alkanes of at least 4 members (excludes halogenated alkanes) is 10. The Morgan fingerprint density at radius 3 is 1.75 bits per heavy atom. The topological polar surface area (TPSA) is 128 Å². The molecule has 0 aromatic rings. The maximum Gasteiger partial charge on any atom is 0.328 e. The van der Waals surface area contributed by atoms with Crippen LogP contribution < -0.4 is 16.4 Å². The van der Waals surface area contributed by atoms with Crippen LogP contribution in [0.2, 0.25) is 0 Å². The van der Waals surface area contributed by atoms with Gasteiger partial charge in [0.25, 0.3) is 0 Å². The summed E-state index contributed by atoms with van der Waals surface area (Å²) in [5.74, 6) is -2.44. The predicted octanol–water partition coefficient (Wildman–Crippen LogP) is 3.36. The van der Waals surface area contributed by atoms with Gasteiger partial charge < -0.3 is 21.1 Å². The number of esters is 1. The van der Waals surface area contributed by atoms with Gasteiger partial charge in [-0.05, 0) is 12.3 Å². The highest BCUT2D eigenvalue weighted by Crippen LogP contribution is 2.12. The number of nitrogens with one attached hydrogen (secondary N) is 2. The molecule has 0 saturated carbocycles. The lowest BCUT2D eigenvalue weighted by atomic mass is 10.0. The van der Waals surface area contributed by atoms with Gasteiger partial charge in [-0.3, -0.25) is 14.4 Å². The zero-order chi connectivity index (χ0) is 24.4. The van der Waals surface area contributed by atoms with Crippen LogP contribution in [-0.4, -0.2) is 42.9 Å². The molecular formula is C24H45N3O5. The lowest BCUT2D eigenvalue weighted by Crippen LogP contribution is -2.54. The fourth-order valence-electron chi connectivity index (χ4n) is 3.51. The molecule has 186 valence electrons. The molecule has 0 rings (SSSR count). The standard InChI is InChI=1S/C24H45N3O5/c1-5-6-7-8-9-10-11-12-13-14-15-16-21(29)26-19(17-20(25)28)23(30)27-22(18(2)3)24(31)32-4/h18-19,22H,5-17H2,1-4H3,(H2,25,28)(H,26,29)(H,27,30)/t19-,22+/m1/s1. The molecule has 8 heteroatoms. The van der Waals surface area contributed by atoms with Gasteiger partial charge >= 0.3 is 5.97 Å². The number of carbonyl (C=O) groups is 4. The van der Waals surface area contributed by atoms with E-state index in [1.54, 1.807) is 13.8 Å². The fourth-order valence-corrected chi connectivity index (χ4v) is 3.51. The third-order valence-electron chi connectivity index (χ3n) is 5.48. The lowest BCUT2D eigenvalue weighted by Gasteiger charge is -2.23. The van der Waals surface area contributed by atoms with Gasteiger partial charge in [0.2, 0.25) is 17.7 Å². The van der Waals surface area contributed by atoms with Crippen molar-refractivity contribution in [2.24, 2.45) is 11.7 Å². The summed E-state index contributed by atoms with van der Waals surface area (Å²) in [6.07, 6.45) is 13.0. The SMILES string of the molecule is CCCCCCCCCCCCCC(=O)N[C@H](CC(N)=O)C(=O)N[C@H](C(=O)OC)C(C)C. The molecule has 0 radical (unpaired) electrons. The van der Waals surface area contributed by atoms with Crippen LogP contribution in [0.3, 0.4) is 0 Å². The van der Waals surface area contributed by atoms with E-state index in [2.05, 4.69) is 17.6 Å². The number of primary amides is 1. The van der Waals surface area contributed by atoms with Crippen LogP contribution in [0.25, 0.3) is 0 Å². The van der Waals surface area contributed by atoms with Crippen molar-refractivity contribution in [3.63, 3.8) is 0 Å². The zero-order valence-corrected chi connectivity index (χ0v) is 20.5. The van der Waals surface area contributed by atoms with Crippen molar-refractivity contribution in [1.29, 1.82) is 0 Å². The minimum atomic E-state index is -1.11. The molecule has 0 aliphatic carbocycles. The van der Waals surface area contributed by atoms with Crippen molar-refractivity contribution < 1.29 is 23.9 Å². The molecule has 0 heterocycles. The van der Waals surface area contributed by atoms with Crippen molar-refractivity contribution in [3.05, 3.63) is 0 Å². The highest BCUT2D eigenvalue weighted by molar-refractivity contribution is 5.93. The van der Waals surface area contributed by atoms with E-state index in [4.69, 9.17) is 10.5 Å². The minimum absolute atomic E-state index is 0.215. The molecular weight excluding hydrogens is 410 g/mol. The third kappa shape index (κ3) is 14.8. The molecule has 0 bridgehead atoms. The number of nitrogens with two attached hydrogens (primary N) is 1. The van der Waals surface area contributed by atoms with Crippen LogP contribution in [-0.2, 0) is 23.9 Å². The number of ether oxygens (including phenoxy) is 1. The van der Waals surface area contributed by atoms with Gasteiger partial charge in [0.15, 0.2) is 0 Å². The van der Waals surface area contributed by atoms with E-state index in [-0.39, 0.29) is 24.7 Å². The molecule has 4 N–H and O–H groups in total. The number of hydrogen-bond donors (Lipinski definition) is 3. The van der Waals surface area contributed by atoms with Crippen LogP contribution in [0.5, 0.6) is 0 Å². The third-order valence-corrected chi connectivity index (χ3v) is 5.48. The zero-order valence-electron chi connectivity index (χ0n) is 20.5. The van der Waals surface area contributed by atoms with Crippen molar-refractivity contribution in [1.82, 2.24) is 10.6 Å². The average molecular weight is 456 g/mol. The largest absolute Gasteiger partial charge is 0.467 e. The molecule has 0 unspecified atom stereocenters. The van der Waals surface area contributed by atoms with Crippen LogP contribution in [0.4, 0.5) is 0 Å². The number of rotatable bonds is 19. The summed E-state index contributed by atoms with van der Waals surface area (Å²) in [6.45, 7) is 5.74. The van der Waals surface area contributed by atoms with Crippen molar-refractivity contribution in [2.45, 2.75) is 116 Å². The number of carbonyl (C=O) groups excluding carboxylic acids is 4. The van der Waals surface area contributed by atoms with Gasteiger partial charge in [-0.25, -0.2) is 4.79 Å². The number of methoxy groups -OCH3 is 1. The van der Waals surface area contributed by atoms with E-state index in [0.29, 0.717) is 0 Å². The molecule has 0 aliphatic rings. The lowest BCUT2D eigenvalue weighted by molar-refractivity contribution is -0.146. The summed E-state index contributed by atoms with van der Waals surface area (Å²) in [7, 11) is 1.24. The van der Waals surface area contributed by atoms with E-state index in [1.807, 2.05) is 0 Å². The summed E-state index contributed by atoms with van der Waals surface area (Å²) in [5.41, 5.74) is 5.24. The summed E-state index contributed by atoms with van der Waals surface area (Å²) in [5, 5.41) is 5.13. The summed E-state index contributed by atoms with van der Waals surface area (Å²) >= 11 is 0. The predicted molar refractivity (Wildman–Crippen MR) is 126 cm³/mol. The second-order valence-electron chi connectivity index (χ2n) is 8.83. The molecule has 2 atom stereocenters.